The maximum absolute atomic E-state index is 13.7. The second kappa shape index (κ2) is 12.1. The van der Waals surface area contributed by atoms with Crippen molar-refractivity contribution in [2.45, 2.75) is 52.9 Å². The number of imidazole rings is 1. The standard InChI is InChI=1S/C34H33Cl2N5O5/c1-19-23(10-7-11-24(19)31-38-26-15-20(18-42)14-25(35)29(26)45-31)21-8-6-9-22(16-21)41(36)32(43)30-37-27-17-40(13-12-28(27)39(30)5)33(44)46-34(2,3)4/h6-11,14-16,42H,12-13,17-18H2,1-5H3. The third-order valence-electron chi connectivity index (χ3n) is 7.91. The molecule has 0 bridgehead atoms. The van der Waals surface area contributed by atoms with Gasteiger partial charge in [-0.25, -0.2) is 19.2 Å². The fourth-order valence-electron chi connectivity index (χ4n) is 5.64. The molecule has 10 nitrogen and oxygen atoms in total. The second-order valence-corrected chi connectivity index (χ2v) is 13.0. The van der Waals surface area contributed by atoms with Crippen LogP contribution in [0.1, 0.15) is 53.9 Å². The van der Waals surface area contributed by atoms with Gasteiger partial charge in [0.2, 0.25) is 11.7 Å². The van der Waals surface area contributed by atoms with Crippen molar-refractivity contribution < 1.29 is 23.8 Å². The van der Waals surface area contributed by atoms with Gasteiger partial charge in [-0.1, -0.05) is 35.9 Å². The van der Waals surface area contributed by atoms with E-state index in [-0.39, 0.29) is 19.0 Å². The zero-order chi connectivity index (χ0) is 32.9. The maximum Gasteiger partial charge on any atom is 0.410 e. The fourth-order valence-corrected chi connectivity index (χ4v) is 6.09. The number of aromatic nitrogens is 3. The average Bonchev–Trinajstić information content (AvgIpc) is 3.60. The number of aliphatic hydroxyl groups is 1. The van der Waals surface area contributed by atoms with Crippen LogP contribution in [0.4, 0.5) is 10.5 Å². The maximum atomic E-state index is 13.7. The average molecular weight is 663 g/mol. The van der Waals surface area contributed by atoms with E-state index < -0.39 is 17.6 Å². The van der Waals surface area contributed by atoms with Gasteiger partial charge in [0.25, 0.3) is 0 Å². The molecule has 0 fully saturated rings. The lowest BCUT2D eigenvalue weighted by Gasteiger charge is -2.29. The smallest absolute Gasteiger partial charge is 0.410 e. The van der Waals surface area contributed by atoms with Gasteiger partial charge in [-0.15, -0.1) is 0 Å². The summed E-state index contributed by atoms with van der Waals surface area (Å²) in [6.45, 7) is 7.98. The van der Waals surface area contributed by atoms with E-state index in [0.29, 0.717) is 51.9 Å². The molecule has 5 aromatic rings. The molecule has 0 spiro atoms. The quantitative estimate of drug-likeness (QED) is 0.195. The first-order chi connectivity index (χ1) is 21.8. The summed E-state index contributed by atoms with van der Waals surface area (Å²) in [5, 5.41) is 9.93. The number of oxazole rings is 1. The van der Waals surface area contributed by atoms with Gasteiger partial charge >= 0.3 is 12.0 Å². The molecule has 3 aromatic carbocycles. The monoisotopic (exact) mass is 661 g/mol. The molecule has 1 aliphatic rings. The van der Waals surface area contributed by atoms with Crippen LogP contribution in [-0.4, -0.2) is 48.7 Å². The number of aliphatic hydroxyl groups excluding tert-OH is 1. The van der Waals surface area contributed by atoms with E-state index >= 15 is 0 Å². The fraction of sp³-hybridized carbons (Fsp3) is 0.294. The van der Waals surface area contributed by atoms with Gasteiger partial charge in [-0.3, -0.25) is 4.79 Å². The SMILES string of the molecule is Cc1c(-c2cccc(N(Cl)C(=O)c3nc4c(n3C)CCN(C(=O)OC(C)(C)C)C4)c2)cccc1-c1nc2cc(CO)cc(Cl)c2o1. The first-order valence-electron chi connectivity index (χ1n) is 14.8. The first-order valence-corrected chi connectivity index (χ1v) is 15.5. The van der Waals surface area contributed by atoms with E-state index in [1.165, 1.54) is 0 Å². The van der Waals surface area contributed by atoms with Crippen LogP contribution in [0.3, 0.4) is 0 Å². The molecular weight excluding hydrogens is 629 g/mol. The number of anilines is 1. The summed E-state index contributed by atoms with van der Waals surface area (Å²) < 4.78 is 14.4. The van der Waals surface area contributed by atoms with Gasteiger partial charge in [-0.05, 0) is 80.3 Å². The lowest BCUT2D eigenvalue weighted by molar-refractivity contribution is 0.0220. The molecule has 238 valence electrons. The minimum Gasteiger partial charge on any atom is -0.444 e. The van der Waals surface area contributed by atoms with Crippen LogP contribution in [0.5, 0.6) is 0 Å². The molecule has 46 heavy (non-hydrogen) atoms. The lowest BCUT2D eigenvalue weighted by Crippen LogP contribution is -2.40. The molecule has 2 amide bonds. The molecule has 0 unspecified atom stereocenters. The highest BCUT2D eigenvalue weighted by molar-refractivity contribution is 6.39. The normalized spacial score (nSPS) is 13.2. The van der Waals surface area contributed by atoms with Crippen molar-refractivity contribution in [2.24, 2.45) is 7.05 Å². The number of benzene rings is 3. The van der Waals surface area contributed by atoms with E-state index in [2.05, 4.69) is 9.97 Å². The molecule has 1 aliphatic heterocycles. The number of halogens is 2. The van der Waals surface area contributed by atoms with Crippen molar-refractivity contribution in [2.75, 3.05) is 11.0 Å². The number of rotatable bonds is 5. The molecule has 0 radical (unpaired) electrons. The topological polar surface area (TPSA) is 114 Å². The number of carbonyl (C=O) groups is 2. The van der Waals surface area contributed by atoms with Crippen molar-refractivity contribution in [3.63, 3.8) is 0 Å². The Morgan fingerprint density at radius 2 is 1.83 bits per heavy atom. The summed E-state index contributed by atoms with van der Waals surface area (Å²) in [6, 6.07) is 16.6. The molecule has 1 N–H and O–H groups in total. The summed E-state index contributed by atoms with van der Waals surface area (Å²) in [7, 11) is 1.78. The summed E-state index contributed by atoms with van der Waals surface area (Å²) in [5.74, 6) is 0.0878. The van der Waals surface area contributed by atoms with Crippen LogP contribution in [0.15, 0.2) is 59.0 Å². The highest BCUT2D eigenvalue weighted by atomic mass is 35.5. The van der Waals surface area contributed by atoms with Gasteiger partial charge < -0.3 is 23.7 Å². The van der Waals surface area contributed by atoms with Crippen molar-refractivity contribution in [1.82, 2.24) is 19.4 Å². The number of nitrogens with zero attached hydrogens (tertiary/aromatic N) is 5. The Kier molecular flexibility index (Phi) is 8.30. The van der Waals surface area contributed by atoms with Crippen molar-refractivity contribution in [1.29, 1.82) is 0 Å². The largest absolute Gasteiger partial charge is 0.444 e. The molecule has 0 saturated heterocycles. The van der Waals surface area contributed by atoms with Crippen LogP contribution >= 0.6 is 23.4 Å². The summed E-state index contributed by atoms with van der Waals surface area (Å²) in [6.07, 6.45) is 0.121. The zero-order valence-electron chi connectivity index (χ0n) is 26.1. The summed E-state index contributed by atoms with van der Waals surface area (Å²) in [5.41, 5.74) is 6.44. The molecule has 0 atom stereocenters. The predicted molar refractivity (Wildman–Crippen MR) is 177 cm³/mol. The minimum atomic E-state index is -0.611. The van der Waals surface area contributed by atoms with Gasteiger partial charge in [0.1, 0.15) is 11.1 Å². The van der Waals surface area contributed by atoms with Crippen molar-refractivity contribution in [3.05, 3.63) is 88.0 Å². The van der Waals surface area contributed by atoms with Crippen LogP contribution in [0.25, 0.3) is 33.7 Å². The zero-order valence-corrected chi connectivity index (χ0v) is 27.6. The first kappa shape index (κ1) is 31.6. The third kappa shape index (κ3) is 5.95. The van der Waals surface area contributed by atoms with Crippen molar-refractivity contribution in [3.8, 4) is 22.6 Å². The molecular formula is C34H33Cl2N5O5. The molecule has 0 aliphatic carbocycles. The van der Waals surface area contributed by atoms with Crippen LogP contribution in [0, 0.1) is 6.92 Å². The van der Waals surface area contributed by atoms with Crippen LogP contribution in [-0.2, 0) is 31.4 Å². The van der Waals surface area contributed by atoms with E-state index in [9.17, 15) is 14.7 Å². The van der Waals surface area contributed by atoms with E-state index in [4.69, 9.17) is 32.5 Å². The highest BCUT2D eigenvalue weighted by Crippen LogP contribution is 2.36. The lowest BCUT2D eigenvalue weighted by atomic mass is 9.96. The van der Waals surface area contributed by atoms with E-state index in [1.807, 2.05) is 64.1 Å². The van der Waals surface area contributed by atoms with Crippen molar-refractivity contribution >= 4 is 52.2 Å². The van der Waals surface area contributed by atoms with Gasteiger partial charge in [0.05, 0.1) is 29.6 Å². The Balaban J connectivity index is 1.26. The Bertz CT molecular complexity index is 1990. The van der Waals surface area contributed by atoms with Gasteiger partial charge in [-0.2, -0.15) is 0 Å². The number of hydrogen-bond donors (Lipinski definition) is 1. The van der Waals surface area contributed by atoms with Crippen LogP contribution in [0.2, 0.25) is 5.02 Å². The number of hydrogen-bond acceptors (Lipinski definition) is 7. The predicted octanol–water partition coefficient (Wildman–Crippen LogP) is 7.44. The molecule has 0 saturated carbocycles. The number of amides is 2. The molecule has 2 aromatic heterocycles. The molecule has 3 heterocycles. The summed E-state index contributed by atoms with van der Waals surface area (Å²) >= 11 is 13.1. The Labute approximate surface area is 276 Å². The number of carbonyl (C=O) groups excluding carboxylic acids is 2. The molecule has 6 rings (SSSR count). The molecule has 12 heteroatoms. The second-order valence-electron chi connectivity index (χ2n) is 12.3. The van der Waals surface area contributed by atoms with Crippen LogP contribution < -0.4 is 4.42 Å². The number of ether oxygens (including phenoxy) is 1. The third-order valence-corrected chi connectivity index (χ3v) is 8.54. The Morgan fingerprint density at radius 3 is 2.57 bits per heavy atom. The van der Waals surface area contributed by atoms with E-state index in [0.717, 1.165) is 32.4 Å². The Morgan fingerprint density at radius 1 is 1.09 bits per heavy atom. The number of fused-ring (bicyclic) bond motifs is 2. The van der Waals surface area contributed by atoms with E-state index in [1.54, 1.807) is 34.7 Å². The summed E-state index contributed by atoms with van der Waals surface area (Å²) in [4.78, 5) is 37.1. The van der Waals surface area contributed by atoms with Gasteiger partial charge in [0, 0.05) is 43.0 Å². The van der Waals surface area contributed by atoms with Gasteiger partial charge in [0.15, 0.2) is 5.58 Å². The minimum absolute atomic E-state index is 0.155. The highest BCUT2D eigenvalue weighted by Gasteiger charge is 2.31. The Hall–Kier alpha value is -4.38.